The van der Waals surface area contributed by atoms with Gasteiger partial charge in [-0.1, -0.05) is 44.2 Å². The summed E-state index contributed by atoms with van der Waals surface area (Å²) < 4.78 is 1.30. The fourth-order valence-electron chi connectivity index (χ4n) is 1.96. The Hall–Kier alpha value is -2.43. The van der Waals surface area contributed by atoms with Crippen molar-refractivity contribution >= 4 is 5.91 Å². The SMILES string of the molecule is CC(C)c1cc(C(N)=O)nn(Cc2ccccc2)c1=O. The minimum Gasteiger partial charge on any atom is -0.364 e. The number of benzene rings is 1. The molecule has 0 aliphatic heterocycles. The standard InChI is InChI=1S/C15H17N3O2/c1-10(2)12-8-13(14(16)19)17-18(15(12)20)9-11-6-4-3-5-7-11/h3-8,10H,9H2,1-2H3,(H2,16,19). The van der Waals surface area contributed by atoms with Gasteiger partial charge in [-0.05, 0) is 17.5 Å². The summed E-state index contributed by atoms with van der Waals surface area (Å²) in [5.41, 5.74) is 6.70. The van der Waals surface area contributed by atoms with E-state index in [-0.39, 0.29) is 17.2 Å². The van der Waals surface area contributed by atoms with Gasteiger partial charge in [0.2, 0.25) is 0 Å². The van der Waals surface area contributed by atoms with E-state index >= 15 is 0 Å². The molecule has 104 valence electrons. The average Bonchev–Trinajstić information content (AvgIpc) is 2.41. The third-order valence-corrected chi connectivity index (χ3v) is 3.05. The minimum absolute atomic E-state index is 0.00521. The maximum absolute atomic E-state index is 12.3. The maximum Gasteiger partial charge on any atom is 0.270 e. The van der Waals surface area contributed by atoms with Crippen molar-refractivity contribution in [3.8, 4) is 0 Å². The molecule has 1 amide bonds. The minimum atomic E-state index is -0.631. The number of carbonyl (C=O) groups excluding carboxylic acids is 1. The Labute approximate surface area is 117 Å². The summed E-state index contributed by atoms with van der Waals surface area (Å²) in [6, 6.07) is 11.0. The number of hydrogen-bond donors (Lipinski definition) is 1. The molecule has 0 unspecified atom stereocenters. The zero-order valence-electron chi connectivity index (χ0n) is 11.5. The third-order valence-electron chi connectivity index (χ3n) is 3.05. The van der Waals surface area contributed by atoms with Crippen LogP contribution < -0.4 is 11.3 Å². The second kappa shape index (κ2) is 5.69. The van der Waals surface area contributed by atoms with Crippen LogP contribution in [0.2, 0.25) is 0 Å². The van der Waals surface area contributed by atoms with Gasteiger partial charge in [-0.2, -0.15) is 5.10 Å². The molecule has 1 aromatic carbocycles. The van der Waals surface area contributed by atoms with E-state index in [1.807, 2.05) is 44.2 Å². The molecule has 0 spiro atoms. The third kappa shape index (κ3) is 2.93. The highest BCUT2D eigenvalue weighted by Crippen LogP contribution is 2.10. The van der Waals surface area contributed by atoms with Crippen LogP contribution in [-0.2, 0) is 6.54 Å². The number of nitrogens with two attached hydrogens (primary N) is 1. The summed E-state index contributed by atoms with van der Waals surface area (Å²) in [6.45, 7) is 4.11. The first-order chi connectivity index (χ1) is 9.49. The quantitative estimate of drug-likeness (QED) is 0.915. The van der Waals surface area contributed by atoms with Crippen molar-refractivity contribution in [3.05, 3.63) is 63.6 Å². The van der Waals surface area contributed by atoms with Gasteiger partial charge in [-0.3, -0.25) is 9.59 Å². The molecule has 5 nitrogen and oxygen atoms in total. The van der Waals surface area contributed by atoms with Crippen LogP contribution >= 0.6 is 0 Å². The van der Waals surface area contributed by atoms with Crippen LogP contribution in [0.3, 0.4) is 0 Å². The Kier molecular flexibility index (Phi) is 3.98. The van der Waals surface area contributed by atoms with Gasteiger partial charge in [0.05, 0.1) is 6.54 Å². The Morgan fingerprint density at radius 3 is 2.50 bits per heavy atom. The topological polar surface area (TPSA) is 78.0 Å². The number of amides is 1. The zero-order chi connectivity index (χ0) is 14.7. The van der Waals surface area contributed by atoms with Crippen LogP contribution in [0.1, 0.15) is 41.4 Å². The zero-order valence-corrected chi connectivity index (χ0v) is 11.5. The Morgan fingerprint density at radius 2 is 1.95 bits per heavy atom. The lowest BCUT2D eigenvalue weighted by molar-refractivity contribution is 0.0993. The van der Waals surface area contributed by atoms with Crippen LogP contribution in [0, 0.1) is 0 Å². The fraction of sp³-hybridized carbons (Fsp3) is 0.267. The van der Waals surface area contributed by atoms with E-state index in [9.17, 15) is 9.59 Å². The van der Waals surface area contributed by atoms with Crippen LogP contribution in [0.25, 0.3) is 0 Å². The predicted octanol–water partition coefficient (Wildman–Crippen LogP) is 1.51. The lowest BCUT2D eigenvalue weighted by Crippen LogP contribution is -2.30. The molecule has 1 heterocycles. The van der Waals surface area contributed by atoms with E-state index in [1.54, 1.807) is 0 Å². The first kappa shape index (κ1) is 14.0. The van der Waals surface area contributed by atoms with E-state index in [2.05, 4.69) is 5.10 Å². The molecule has 0 aliphatic rings. The van der Waals surface area contributed by atoms with Crippen molar-refractivity contribution < 1.29 is 4.79 Å². The van der Waals surface area contributed by atoms with E-state index in [4.69, 9.17) is 5.73 Å². The van der Waals surface area contributed by atoms with E-state index < -0.39 is 5.91 Å². The molecular weight excluding hydrogens is 254 g/mol. The number of aromatic nitrogens is 2. The Morgan fingerprint density at radius 1 is 1.30 bits per heavy atom. The van der Waals surface area contributed by atoms with E-state index in [0.29, 0.717) is 12.1 Å². The van der Waals surface area contributed by atoms with Gasteiger partial charge in [0.25, 0.3) is 11.5 Å². The molecule has 20 heavy (non-hydrogen) atoms. The molecule has 0 radical (unpaired) electrons. The van der Waals surface area contributed by atoms with Crippen molar-refractivity contribution in [1.29, 1.82) is 0 Å². The fourth-order valence-corrected chi connectivity index (χ4v) is 1.96. The highest BCUT2D eigenvalue weighted by Gasteiger charge is 2.14. The molecule has 0 saturated carbocycles. The van der Waals surface area contributed by atoms with Gasteiger partial charge >= 0.3 is 0 Å². The second-order valence-corrected chi connectivity index (χ2v) is 4.95. The molecule has 0 saturated heterocycles. The number of hydrogen-bond acceptors (Lipinski definition) is 3. The summed E-state index contributed by atoms with van der Waals surface area (Å²) in [6.07, 6.45) is 0. The molecule has 2 rings (SSSR count). The van der Waals surface area contributed by atoms with Crippen LogP contribution in [-0.4, -0.2) is 15.7 Å². The number of primary amides is 1. The second-order valence-electron chi connectivity index (χ2n) is 4.95. The number of nitrogens with zero attached hydrogens (tertiary/aromatic N) is 2. The maximum atomic E-state index is 12.3. The molecule has 0 fully saturated rings. The van der Waals surface area contributed by atoms with Crippen LogP contribution in [0.15, 0.2) is 41.2 Å². The molecule has 1 aromatic heterocycles. The van der Waals surface area contributed by atoms with Gasteiger partial charge in [0, 0.05) is 5.56 Å². The highest BCUT2D eigenvalue weighted by molar-refractivity contribution is 5.90. The molecular formula is C15H17N3O2. The Bertz CT molecular complexity index is 675. The van der Waals surface area contributed by atoms with E-state index in [0.717, 1.165) is 5.56 Å². The van der Waals surface area contributed by atoms with E-state index in [1.165, 1.54) is 10.7 Å². The number of rotatable bonds is 4. The lowest BCUT2D eigenvalue weighted by Gasteiger charge is -2.11. The van der Waals surface area contributed by atoms with Crippen molar-refractivity contribution in [1.82, 2.24) is 9.78 Å². The molecule has 0 aliphatic carbocycles. The smallest absolute Gasteiger partial charge is 0.270 e. The molecule has 0 bridgehead atoms. The first-order valence-electron chi connectivity index (χ1n) is 6.45. The van der Waals surface area contributed by atoms with Gasteiger partial charge in [-0.15, -0.1) is 0 Å². The van der Waals surface area contributed by atoms with Crippen LogP contribution in [0.4, 0.5) is 0 Å². The summed E-state index contributed by atoms with van der Waals surface area (Å²) in [4.78, 5) is 23.7. The molecule has 5 heteroatoms. The highest BCUT2D eigenvalue weighted by atomic mass is 16.1. The molecule has 0 atom stereocenters. The van der Waals surface area contributed by atoms with Gasteiger partial charge in [-0.25, -0.2) is 4.68 Å². The van der Waals surface area contributed by atoms with Crippen molar-refractivity contribution in [3.63, 3.8) is 0 Å². The van der Waals surface area contributed by atoms with Crippen molar-refractivity contribution in [2.24, 2.45) is 5.73 Å². The first-order valence-corrected chi connectivity index (χ1v) is 6.45. The van der Waals surface area contributed by atoms with Gasteiger partial charge < -0.3 is 5.73 Å². The normalized spacial score (nSPS) is 10.8. The van der Waals surface area contributed by atoms with Crippen molar-refractivity contribution in [2.75, 3.05) is 0 Å². The summed E-state index contributed by atoms with van der Waals surface area (Å²) in [7, 11) is 0. The van der Waals surface area contributed by atoms with Gasteiger partial charge in [0.1, 0.15) is 5.69 Å². The van der Waals surface area contributed by atoms with Crippen molar-refractivity contribution in [2.45, 2.75) is 26.3 Å². The van der Waals surface area contributed by atoms with Crippen LogP contribution in [0.5, 0.6) is 0 Å². The lowest BCUT2D eigenvalue weighted by atomic mass is 10.0. The average molecular weight is 271 g/mol. The predicted molar refractivity (Wildman–Crippen MR) is 76.6 cm³/mol. The summed E-state index contributed by atoms with van der Waals surface area (Å²) in [5, 5.41) is 4.04. The summed E-state index contributed by atoms with van der Waals surface area (Å²) in [5.74, 6) is -0.626. The largest absolute Gasteiger partial charge is 0.364 e. The monoisotopic (exact) mass is 271 g/mol. The van der Waals surface area contributed by atoms with Gasteiger partial charge in [0.15, 0.2) is 0 Å². The Balaban J connectivity index is 2.51. The molecule has 2 aromatic rings. The molecule has 2 N–H and O–H groups in total. The number of carbonyl (C=O) groups is 1. The summed E-state index contributed by atoms with van der Waals surface area (Å²) >= 11 is 0.